The molecule has 1 aliphatic rings. The first-order valence-corrected chi connectivity index (χ1v) is 5.71. The van der Waals surface area contributed by atoms with Gasteiger partial charge in [-0.05, 0) is 12.1 Å². The first-order chi connectivity index (χ1) is 8.88. The van der Waals surface area contributed by atoms with Crippen molar-refractivity contribution in [3.8, 4) is 5.75 Å². The Morgan fingerprint density at radius 3 is 2.58 bits per heavy atom. The average molecular weight is 274 g/mol. The Balaban J connectivity index is 1.93. The number of benzene rings is 1. The molecule has 1 heterocycles. The summed E-state index contributed by atoms with van der Waals surface area (Å²) in [5, 5.41) is 0. The number of urea groups is 1. The SMILES string of the molecule is NC(=O)N1CC(COc2ccccc2C(F)(F)F)C1. The summed E-state index contributed by atoms with van der Waals surface area (Å²) in [6.45, 7) is 0.976. The van der Waals surface area contributed by atoms with Crippen molar-refractivity contribution in [3.63, 3.8) is 0 Å². The van der Waals surface area contributed by atoms with Crippen LogP contribution in [0.2, 0.25) is 0 Å². The predicted octanol–water partition coefficient (Wildman–Crippen LogP) is 2.09. The summed E-state index contributed by atoms with van der Waals surface area (Å²) < 4.78 is 43.3. The second kappa shape index (κ2) is 4.99. The zero-order chi connectivity index (χ0) is 14.0. The fourth-order valence-electron chi connectivity index (χ4n) is 1.89. The highest BCUT2D eigenvalue weighted by Gasteiger charge is 2.35. The van der Waals surface area contributed by atoms with Crippen LogP contribution >= 0.6 is 0 Å². The molecule has 2 rings (SSSR count). The van der Waals surface area contributed by atoms with E-state index in [4.69, 9.17) is 10.5 Å². The van der Waals surface area contributed by atoms with Crippen molar-refractivity contribution in [1.29, 1.82) is 0 Å². The third kappa shape index (κ3) is 3.10. The molecule has 0 radical (unpaired) electrons. The number of ether oxygens (including phenoxy) is 1. The van der Waals surface area contributed by atoms with Gasteiger partial charge in [0.15, 0.2) is 0 Å². The molecule has 4 nitrogen and oxygen atoms in total. The quantitative estimate of drug-likeness (QED) is 0.917. The molecule has 0 spiro atoms. The minimum absolute atomic E-state index is 0.0220. The Labute approximate surface area is 107 Å². The van der Waals surface area contributed by atoms with Gasteiger partial charge in [0.1, 0.15) is 5.75 Å². The summed E-state index contributed by atoms with van der Waals surface area (Å²) in [6.07, 6.45) is -4.44. The Hall–Kier alpha value is -1.92. The molecule has 19 heavy (non-hydrogen) atoms. The molecular formula is C12H13F3N2O2. The van der Waals surface area contributed by atoms with Crippen LogP contribution in [0.15, 0.2) is 24.3 Å². The number of hydrogen-bond acceptors (Lipinski definition) is 2. The minimum atomic E-state index is -4.44. The first-order valence-electron chi connectivity index (χ1n) is 5.71. The highest BCUT2D eigenvalue weighted by atomic mass is 19.4. The van der Waals surface area contributed by atoms with Crippen LogP contribution < -0.4 is 10.5 Å². The third-order valence-corrected chi connectivity index (χ3v) is 2.94. The molecule has 0 aromatic heterocycles. The lowest BCUT2D eigenvalue weighted by molar-refractivity contribution is -0.139. The topological polar surface area (TPSA) is 55.6 Å². The highest BCUT2D eigenvalue weighted by Crippen LogP contribution is 2.36. The van der Waals surface area contributed by atoms with E-state index in [1.165, 1.54) is 23.1 Å². The van der Waals surface area contributed by atoms with Gasteiger partial charge in [0.05, 0.1) is 12.2 Å². The number of likely N-dealkylation sites (tertiary alicyclic amines) is 1. The summed E-state index contributed by atoms with van der Waals surface area (Å²) in [5.41, 5.74) is 4.26. The first kappa shape index (κ1) is 13.5. The van der Waals surface area contributed by atoms with Crippen molar-refractivity contribution in [2.24, 2.45) is 11.7 Å². The number of primary amides is 1. The van der Waals surface area contributed by atoms with Crippen LogP contribution in [-0.2, 0) is 6.18 Å². The molecule has 1 aliphatic heterocycles. The molecule has 0 aliphatic carbocycles. The van der Waals surface area contributed by atoms with Gasteiger partial charge in [-0.2, -0.15) is 13.2 Å². The van der Waals surface area contributed by atoms with Crippen molar-refractivity contribution < 1.29 is 22.7 Å². The van der Waals surface area contributed by atoms with Gasteiger partial charge in [0, 0.05) is 19.0 Å². The van der Waals surface area contributed by atoms with E-state index in [0.29, 0.717) is 13.1 Å². The molecule has 0 unspecified atom stereocenters. The Morgan fingerprint density at radius 2 is 2.00 bits per heavy atom. The van der Waals surface area contributed by atoms with Crippen molar-refractivity contribution in [2.75, 3.05) is 19.7 Å². The van der Waals surface area contributed by atoms with Gasteiger partial charge in [-0.15, -0.1) is 0 Å². The van der Waals surface area contributed by atoms with Crippen LogP contribution in [0.1, 0.15) is 5.56 Å². The second-order valence-electron chi connectivity index (χ2n) is 4.41. The maximum Gasteiger partial charge on any atom is 0.419 e. The predicted molar refractivity (Wildman–Crippen MR) is 61.6 cm³/mol. The summed E-state index contributed by atoms with van der Waals surface area (Å²) >= 11 is 0. The minimum Gasteiger partial charge on any atom is -0.493 e. The number of carbonyl (C=O) groups is 1. The molecule has 7 heteroatoms. The van der Waals surface area contributed by atoms with Gasteiger partial charge in [-0.25, -0.2) is 4.79 Å². The number of nitrogens with two attached hydrogens (primary N) is 1. The molecule has 2 N–H and O–H groups in total. The van der Waals surface area contributed by atoms with E-state index in [2.05, 4.69) is 0 Å². The fourth-order valence-corrected chi connectivity index (χ4v) is 1.89. The molecular weight excluding hydrogens is 261 g/mol. The van der Waals surface area contributed by atoms with Gasteiger partial charge in [0.2, 0.25) is 0 Å². The van der Waals surface area contributed by atoms with Gasteiger partial charge in [0.25, 0.3) is 0 Å². The van der Waals surface area contributed by atoms with E-state index in [1.807, 2.05) is 0 Å². The highest BCUT2D eigenvalue weighted by molar-refractivity contribution is 5.72. The van der Waals surface area contributed by atoms with E-state index in [0.717, 1.165) is 6.07 Å². The van der Waals surface area contributed by atoms with Crippen LogP contribution in [0.25, 0.3) is 0 Å². The van der Waals surface area contributed by atoms with Gasteiger partial charge < -0.3 is 15.4 Å². The summed E-state index contributed by atoms with van der Waals surface area (Å²) in [6, 6.07) is 4.54. The van der Waals surface area contributed by atoms with Gasteiger partial charge in [-0.1, -0.05) is 12.1 Å². The molecule has 1 saturated heterocycles. The largest absolute Gasteiger partial charge is 0.493 e. The molecule has 0 bridgehead atoms. The normalized spacial score (nSPS) is 16.1. The molecule has 1 fully saturated rings. The van der Waals surface area contributed by atoms with Crippen LogP contribution in [0, 0.1) is 5.92 Å². The lowest BCUT2D eigenvalue weighted by Gasteiger charge is -2.37. The number of halogens is 3. The number of alkyl halides is 3. The van der Waals surface area contributed by atoms with E-state index in [9.17, 15) is 18.0 Å². The van der Waals surface area contributed by atoms with Gasteiger partial charge >= 0.3 is 12.2 Å². The zero-order valence-electron chi connectivity index (χ0n) is 9.98. The lowest BCUT2D eigenvalue weighted by Crippen LogP contribution is -2.54. The number of rotatable bonds is 3. The maximum absolute atomic E-state index is 12.7. The molecule has 0 atom stereocenters. The Kier molecular flexibility index (Phi) is 3.55. The summed E-state index contributed by atoms with van der Waals surface area (Å²) in [7, 11) is 0. The van der Waals surface area contributed by atoms with Crippen molar-refractivity contribution >= 4 is 6.03 Å². The van der Waals surface area contributed by atoms with E-state index >= 15 is 0 Å². The van der Waals surface area contributed by atoms with Crippen LogP contribution in [-0.4, -0.2) is 30.6 Å². The molecule has 1 aromatic carbocycles. The van der Waals surface area contributed by atoms with E-state index in [1.54, 1.807) is 0 Å². The number of amides is 2. The van der Waals surface area contributed by atoms with Crippen LogP contribution in [0.5, 0.6) is 5.75 Å². The Bertz CT molecular complexity index is 470. The average Bonchev–Trinajstić information content (AvgIpc) is 2.25. The zero-order valence-corrected chi connectivity index (χ0v) is 9.98. The molecule has 2 amide bonds. The van der Waals surface area contributed by atoms with E-state index in [-0.39, 0.29) is 18.3 Å². The summed E-state index contributed by atoms with van der Waals surface area (Å²) in [4.78, 5) is 12.2. The monoisotopic (exact) mass is 274 g/mol. The number of para-hydroxylation sites is 1. The second-order valence-corrected chi connectivity index (χ2v) is 4.41. The molecule has 0 saturated carbocycles. The van der Waals surface area contributed by atoms with Crippen LogP contribution in [0.3, 0.4) is 0 Å². The van der Waals surface area contributed by atoms with Crippen molar-refractivity contribution in [1.82, 2.24) is 4.90 Å². The van der Waals surface area contributed by atoms with Crippen molar-refractivity contribution in [3.05, 3.63) is 29.8 Å². The third-order valence-electron chi connectivity index (χ3n) is 2.94. The summed E-state index contributed by atoms with van der Waals surface area (Å²) in [5.74, 6) is -0.165. The maximum atomic E-state index is 12.7. The Morgan fingerprint density at radius 1 is 1.37 bits per heavy atom. The van der Waals surface area contributed by atoms with Gasteiger partial charge in [-0.3, -0.25) is 0 Å². The molecule has 104 valence electrons. The van der Waals surface area contributed by atoms with Crippen molar-refractivity contribution in [2.45, 2.75) is 6.18 Å². The van der Waals surface area contributed by atoms with Crippen LogP contribution in [0.4, 0.5) is 18.0 Å². The fraction of sp³-hybridized carbons (Fsp3) is 0.417. The number of nitrogens with zero attached hydrogens (tertiary/aromatic N) is 1. The number of hydrogen-bond donors (Lipinski definition) is 1. The number of carbonyl (C=O) groups excluding carboxylic acids is 1. The standard InChI is InChI=1S/C12H13F3N2O2/c13-12(14,15)9-3-1-2-4-10(9)19-7-8-5-17(6-8)11(16)18/h1-4,8H,5-7H2,(H2,16,18). The molecule has 1 aromatic rings. The van der Waals surface area contributed by atoms with E-state index < -0.39 is 17.8 Å². The lowest BCUT2D eigenvalue weighted by atomic mass is 10.0. The smallest absolute Gasteiger partial charge is 0.419 e.